The van der Waals surface area contributed by atoms with Crippen LogP contribution in [0.25, 0.3) is 0 Å². The summed E-state index contributed by atoms with van der Waals surface area (Å²) in [6, 6.07) is 1.13. The van der Waals surface area contributed by atoms with Gasteiger partial charge in [-0.1, -0.05) is 6.07 Å². The Bertz CT molecular complexity index is 393. The zero-order valence-corrected chi connectivity index (χ0v) is 8.13. The molecule has 0 saturated carbocycles. The van der Waals surface area contributed by atoms with Gasteiger partial charge in [-0.15, -0.1) is 0 Å². The average molecular weight is 215 g/mol. The SMILES string of the molecule is Cc1c(F)ccc(CC(N)C(=O)O)c1F. The summed E-state index contributed by atoms with van der Waals surface area (Å²) < 4.78 is 26.3. The molecule has 82 valence electrons. The molecule has 0 aromatic heterocycles. The first kappa shape index (κ1) is 11.6. The highest BCUT2D eigenvalue weighted by atomic mass is 19.1. The van der Waals surface area contributed by atoms with E-state index in [1.807, 2.05) is 0 Å². The van der Waals surface area contributed by atoms with Crippen LogP contribution in [0.1, 0.15) is 11.1 Å². The lowest BCUT2D eigenvalue weighted by Gasteiger charge is -2.09. The molecule has 0 heterocycles. The van der Waals surface area contributed by atoms with E-state index in [9.17, 15) is 13.6 Å². The van der Waals surface area contributed by atoms with Crippen LogP contribution in [0.5, 0.6) is 0 Å². The second-order valence-electron chi connectivity index (χ2n) is 3.29. The molecule has 0 bridgehead atoms. The molecule has 1 aromatic rings. The molecule has 5 heteroatoms. The molecule has 0 saturated heterocycles. The third kappa shape index (κ3) is 2.50. The van der Waals surface area contributed by atoms with Crippen molar-refractivity contribution >= 4 is 5.97 Å². The summed E-state index contributed by atoms with van der Waals surface area (Å²) in [5.41, 5.74) is 5.24. The highest BCUT2D eigenvalue weighted by Crippen LogP contribution is 2.16. The lowest BCUT2D eigenvalue weighted by molar-refractivity contribution is -0.138. The predicted octanol–water partition coefficient (Wildman–Crippen LogP) is 1.23. The van der Waals surface area contributed by atoms with Gasteiger partial charge in [0.15, 0.2) is 0 Å². The number of carboxylic acids is 1. The number of benzene rings is 1. The number of aliphatic carboxylic acids is 1. The summed E-state index contributed by atoms with van der Waals surface area (Å²) in [6.07, 6.45) is -0.151. The number of carbonyl (C=O) groups is 1. The van der Waals surface area contributed by atoms with E-state index in [4.69, 9.17) is 10.8 Å². The van der Waals surface area contributed by atoms with Gasteiger partial charge in [-0.05, 0) is 18.6 Å². The molecule has 0 amide bonds. The Morgan fingerprint density at radius 3 is 2.67 bits per heavy atom. The number of nitrogens with two attached hydrogens (primary N) is 1. The summed E-state index contributed by atoms with van der Waals surface area (Å²) in [5, 5.41) is 8.54. The molecular weight excluding hydrogens is 204 g/mol. The molecule has 1 rings (SSSR count). The first-order valence-corrected chi connectivity index (χ1v) is 4.35. The molecule has 3 nitrogen and oxygen atoms in total. The fraction of sp³-hybridized carbons (Fsp3) is 0.300. The van der Waals surface area contributed by atoms with Gasteiger partial charge in [0.05, 0.1) is 0 Å². The smallest absolute Gasteiger partial charge is 0.320 e. The van der Waals surface area contributed by atoms with Crippen molar-refractivity contribution in [2.45, 2.75) is 19.4 Å². The Morgan fingerprint density at radius 1 is 1.53 bits per heavy atom. The van der Waals surface area contributed by atoms with Crippen molar-refractivity contribution in [3.05, 3.63) is 34.9 Å². The Labute approximate surface area is 85.5 Å². The second-order valence-corrected chi connectivity index (χ2v) is 3.29. The van der Waals surface area contributed by atoms with E-state index in [1.54, 1.807) is 0 Å². The van der Waals surface area contributed by atoms with Crippen molar-refractivity contribution in [3.63, 3.8) is 0 Å². The standard InChI is InChI=1S/C10H11F2NO2/c1-5-7(11)3-2-6(9(5)12)4-8(13)10(14)15/h2-3,8H,4,13H2,1H3,(H,14,15). The van der Waals surface area contributed by atoms with Crippen molar-refractivity contribution < 1.29 is 18.7 Å². The van der Waals surface area contributed by atoms with Gasteiger partial charge in [-0.3, -0.25) is 4.79 Å². The van der Waals surface area contributed by atoms with Crippen molar-refractivity contribution in [3.8, 4) is 0 Å². The van der Waals surface area contributed by atoms with E-state index in [-0.39, 0.29) is 17.5 Å². The van der Waals surface area contributed by atoms with Gasteiger partial charge in [0.25, 0.3) is 0 Å². The van der Waals surface area contributed by atoms with Crippen molar-refractivity contribution in [1.29, 1.82) is 0 Å². The first-order valence-electron chi connectivity index (χ1n) is 4.35. The third-order valence-electron chi connectivity index (χ3n) is 2.16. The average Bonchev–Trinajstić information content (AvgIpc) is 2.18. The molecule has 0 radical (unpaired) electrons. The van der Waals surface area contributed by atoms with Gasteiger partial charge >= 0.3 is 5.97 Å². The van der Waals surface area contributed by atoms with Crippen molar-refractivity contribution in [2.75, 3.05) is 0 Å². The zero-order chi connectivity index (χ0) is 11.6. The van der Waals surface area contributed by atoms with Crippen molar-refractivity contribution in [1.82, 2.24) is 0 Å². The zero-order valence-electron chi connectivity index (χ0n) is 8.13. The molecule has 0 aliphatic rings. The molecular formula is C10H11F2NO2. The second kappa shape index (κ2) is 4.35. The van der Waals surface area contributed by atoms with E-state index in [1.165, 1.54) is 13.0 Å². The molecule has 15 heavy (non-hydrogen) atoms. The van der Waals surface area contributed by atoms with Gasteiger partial charge in [-0.2, -0.15) is 0 Å². The molecule has 0 spiro atoms. The lowest BCUT2D eigenvalue weighted by atomic mass is 10.0. The van der Waals surface area contributed by atoms with E-state index in [0.717, 1.165) is 6.07 Å². The number of carboxylic acid groups (broad SMARTS) is 1. The van der Waals surface area contributed by atoms with Gasteiger partial charge in [0.1, 0.15) is 17.7 Å². The lowest BCUT2D eigenvalue weighted by Crippen LogP contribution is -2.32. The van der Waals surface area contributed by atoms with Crippen LogP contribution in [-0.4, -0.2) is 17.1 Å². The predicted molar refractivity (Wildman–Crippen MR) is 50.4 cm³/mol. The van der Waals surface area contributed by atoms with E-state index >= 15 is 0 Å². The largest absolute Gasteiger partial charge is 0.480 e. The van der Waals surface area contributed by atoms with Crippen LogP contribution in [0.2, 0.25) is 0 Å². The summed E-state index contributed by atoms with van der Waals surface area (Å²) in [4.78, 5) is 10.4. The summed E-state index contributed by atoms with van der Waals surface area (Å²) >= 11 is 0. The maximum Gasteiger partial charge on any atom is 0.320 e. The number of halogens is 2. The number of hydrogen-bond acceptors (Lipinski definition) is 2. The van der Waals surface area contributed by atoms with E-state index in [0.29, 0.717) is 0 Å². The maximum atomic E-state index is 13.4. The van der Waals surface area contributed by atoms with E-state index < -0.39 is 23.6 Å². The minimum absolute atomic E-state index is 0.115. The van der Waals surface area contributed by atoms with Crippen LogP contribution in [-0.2, 0) is 11.2 Å². The summed E-state index contributed by atoms with van der Waals surface area (Å²) in [5.74, 6) is -2.59. The quantitative estimate of drug-likeness (QED) is 0.797. The van der Waals surface area contributed by atoms with Gasteiger partial charge in [0.2, 0.25) is 0 Å². The van der Waals surface area contributed by atoms with Gasteiger partial charge in [0, 0.05) is 12.0 Å². The third-order valence-corrected chi connectivity index (χ3v) is 2.16. The maximum absolute atomic E-state index is 13.4. The van der Waals surface area contributed by atoms with Crippen LogP contribution in [0.3, 0.4) is 0 Å². The Hall–Kier alpha value is -1.49. The topological polar surface area (TPSA) is 63.3 Å². The van der Waals surface area contributed by atoms with Gasteiger partial charge in [-0.25, -0.2) is 8.78 Å². The van der Waals surface area contributed by atoms with Crippen LogP contribution in [0.15, 0.2) is 12.1 Å². The monoisotopic (exact) mass is 215 g/mol. The molecule has 0 aliphatic heterocycles. The normalized spacial score (nSPS) is 12.5. The molecule has 1 aromatic carbocycles. The summed E-state index contributed by atoms with van der Waals surface area (Å²) in [7, 11) is 0. The highest BCUT2D eigenvalue weighted by molar-refractivity contribution is 5.73. The number of hydrogen-bond donors (Lipinski definition) is 2. The van der Waals surface area contributed by atoms with E-state index in [2.05, 4.69) is 0 Å². The highest BCUT2D eigenvalue weighted by Gasteiger charge is 2.16. The molecule has 1 atom stereocenters. The Kier molecular flexibility index (Phi) is 3.36. The van der Waals surface area contributed by atoms with Crippen molar-refractivity contribution in [2.24, 2.45) is 5.73 Å². The Balaban J connectivity index is 2.97. The summed E-state index contributed by atoms with van der Waals surface area (Å²) in [6.45, 7) is 1.29. The van der Waals surface area contributed by atoms with Crippen LogP contribution < -0.4 is 5.73 Å². The van der Waals surface area contributed by atoms with Crippen LogP contribution >= 0.6 is 0 Å². The minimum atomic E-state index is -1.21. The fourth-order valence-electron chi connectivity index (χ4n) is 1.20. The molecule has 0 aliphatic carbocycles. The van der Waals surface area contributed by atoms with Crippen LogP contribution in [0, 0.1) is 18.6 Å². The number of rotatable bonds is 3. The fourth-order valence-corrected chi connectivity index (χ4v) is 1.20. The Morgan fingerprint density at radius 2 is 2.13 bits per heavy atom. The van der Waals surface area contributed by atoms with Crippen LogP contribution in [0.4, 0.5) is 8.78 Å². The molecule has 1 unspecified atom stereocenters. The minimum Gasteiger partial charge on any atom is -0.480 e. The van der Waals surface area contributed by atoms with Gasteiger partial charge < -0.3 is 10.8 Å². The molecule has 0 fully saturated rings. The first-order chi connectivity index (χ1) is 6.93. The molecule has 3 N–H and O–H groups in total.